The summed E-state index contributed by atoms with van der Waals surface area (Å²) in [5.41, 5.74) is 0. The van der Waals surface area contributed by atoms with Crippen LogP contribution < -0.4 is 0 Å². The number of carbonyl (C=O) groups excluding carboxylic acids is 2. The minimum atomic E-state index is 0. The first kappa shape index (κ1) is 17.0. The summed E-state index contributed by atoms with van der Waals surface area (Å²) in [5, 5.41) is 0. The van der Waals surface area contributed by atoms with Gasteiger partial charge in [0.1, 0.15) is 11.6 Å². The molecule has 2 rings (SSSR count). The smallest absolute Gasteiger partial charge is 0.137 e. The molecule has 90 valence electrons. The molecule has 10 radical (unpaired) electrons. The third kappa shape index (κ3) is 6.45. The molecule has 0 unspecified atom stereocenters. The molecule has 0 heterocycles. The summed E-state index contributed by atoms with van der Waals surface area (Å²) in [6.45, 7) is 3.13. The zero-order valence-corrected chi connectivity index (χ0v) is 11.5. The van der Waals surface area contributed by atoms with Crippen molar-refractivity contribution in [3.05, 3.63) is 63.2 Å². The molecule has 2 aliphatic carbocycles. The topological polar surface area (TPSA) is 34.1 Å². The van der Waals surface area contributed by atoms with Gasteiger partial charge >= 0.3 is 0 Å². The molecule has 2 nitrogen and oxygen atoms in total. The van der Waals surface area contributed by atoms with Crippen molar-refractivity contribution in [3.63, 3.8) is 0 Å². The Bertz CT molecular complexity index is 213. The first-order valence-corrected chi connectivity index (χ1v) is 5.06. The van der Waals surface area contributed by atoms with Gasteiger partial charge in [0.15, 0.2) is 0 Å². The van der Waals surface area contributed by atoms with Crippen molar-refractivity contribution in [1.29, 1.82) is 0 Å². The summed E-state index contributed by atoms with van der Waals surface area (Å²) in [5.74, 6) is 1.86. The summed E-state index contributed by atoms with van der Waals surface area (Å²) in [6.07, 6.45) is 14.7. The fourth-order valence-electron chi connectivity index (χ4n) is 1.22. The van der Waals surface area contributed by atoms with E-state index in [1.807, 2.05) is 51.4 Å². The van der Waals surface area contributed by atoms with Gasteiger partial charge in [-0.15, -0.1) is 0 Å². The summed E-state index contributed by atoms with van der Waals surface area (Å²) >= 11 is 0. The Kier molecular flexibility index (Phi) is 8.95. The van der Waals surface area contributed by atoms with E-state index in [9.17, 15) is 9.59 Å². The van der Waals surface area contributed by atoms with Crippen molar-refractivity contribution in [2.45, 2.75) is 13.8 Å². The number of ketones is 2. The van der Waals surface area contributed by atoms with Crippen molar-refractivity contribution in [2.75, 3.05) is 0 Å². The van der Waals surface area contributed by atoms with Crippen LogP contribution in [0.25, 0.3) is 0 Å². The second-order valence-corrected chi connectivity index (χ2v) is 3.46. The number of hydrogen-bond donors (Lipinski definition) is 0. The standard InChI is InChI=1S/2C7H7O.Ru/c2*1-6(8)7-4-2-3-5-7;/h2*2-5H,1H3;. The average molecular weight is 315 g/mol. The van der Waals surface area contributed by atoms with Crippen molar-refractivity contribution >= 4 is 11.6 Å². The largest absolute Gasteiger partial charge is 0.299 e. The summed E-state index contributed by atoms with van der Waals surface area (Å²) in [6, 6.07) is 0. The zero-order chi connectivity index (χ0) is 12.0. The fraction of sp³-hybridized carbons (Fsp3) is 0.143. The average Bonchev–Trinajstić information content (AvgIpc) is 2.93. The van der Waals surface area contributed by atoms with Gasteiger partial charge in [-0.3, -0.25) is 9.59 Å². The van der Waals surface area contributed by atoms with Crippen LogP contribution in [-0.2, 0) is 29.1 Å². The van der Waals surface area contributed by atoms with Crippen LogP contribution in [0.1, 0.15) is 13.8 Å². The maximum atomic E-state index is 10.5. The van der Waals surface area contributed by atoms with Gasteiger partial charge in [-0.05, 0) is 65.2 Å². The molecule has 0 N–H and O–H groups in total. The molecule has 0 saturated heterocycles. The molecule has 0 atom stereocenters. The predicted molar refractivity (Wildman–Crippen MR) is 62.2 cm³/mol. The van der Waals surface area contributed by atoms with E-state index in [0.717, 1.165) is 11.8 Å². The molecule has 3 heteroatoms. The first-order valence-electron chi connectivity index (χ1n) is 5.06. The van der Waals surface area contributed by atoms with Crippen LogP contribution in [0, 0.1) is 63.2 Å². The number of rotatable bonds is 2. The molecule has 0 aromatic rings. The molecule has 17 heavy (non-hydrogen) atoms. The van der Waals surface area contributed by atoms with Crippen molar-refractivity contribution in [3.8, 4) is 0 Å². The third-order valence-electron chi connectivity index (χ3n) is 2.14. The quantitative estimate of drug-likeness (QED) is 0.730. The minimum absolute atomic E-state index is 0. The Hall–Kier alpha value is -0.0366. The van der Waals surface area contributed by atoms with Crippen molar-refractivity contribution < 1.29 is 29.1 Å². The second kappa shape index (κ2) is 8.97. The zero-order valence-electron chi connectivity index (χ0n) is 9.79. The maximum Gasteiger partial charge on any atom is 0.137 e. The van der Waals surface area contributed by atoms with Gasteiger partial charge in [0.2, 0.25) is 0 Å². The molecule has 0 amide bonds. The van der Waals surface area contributed by atoms with E-state index in [1.54, 1.807) is 13.8 Å². The minimum Gasteiger partial charge on any atom is -0.299 e. The first-order chi connectivity index (χ1) is 7.61. The van der Waals surface area contributed by atoms with E-state index in [-0.39, 0.29) is 31.0 Å². The van der Waals surface area contributed by atoms with Crippen LogP contribution in [-0.4, -0.2) is 11.6 Å². The van der Waals surface area contributed by atoms with Crippen molar-refractivity contribution in [2.24, 2.45) is 0 Å². The Labute approximate surface area is 118 Å². The van der Waals surface area contributed by atoms with Gasteiger partial charge in [-0.2, -0.15) is 0 Å². The van der Waals surface area contributed by atoms with Crippen LogP contribution in [0.3, 0.4) is 0 Å². The van der Waals surface area contributed by atoms with Gasteiger partial charge in [0, 0.05) is 31.3 Å². The van der Waals surface area contributed by atoms with E-state index in [1.165, 1.54) is 0 Å². The summed E-state index contributed by atoms with van der Waals surface area (Å²) in [4.78, 5) is 21.0. The van der Waals surface area contributed by atoms with E-state index in [0.29, 0.717) is 0 Å². The van der Waals surface area contributed by atoms with E-state index < -0.39 is 0 Å². The summed E-state index contributed by atoms with van der Waals surface area (Å²) < 4.78 is 0. The van der Waals surface area contributed by atoms with Crippen LogP contribution in [0.2, 0.25) is 0 Å². The molecule has 0 aromatic heterocycles. The predicted octanol–water partition coefficient (Wildman–Crippen LogP) is 1.96. The number of carbonyl (C=O) groups is 2. The van der Waals surface area contributed by atoms with Crippen LogP contribution in [0.15, 0.2) is 0 Å². The molecule has 0 spiro atoms. The molecular formula is C14H14O2Ru. The Morgan fingerprint density at radius 1 is 0.706 bits per heavy atom. The van der Waals surface area contributed by atoms with Crippen molar-refractivity contribution in [1.82, 2.24) is 0 Å². The molecule has 2 aliphatic rings. The number of hydrogen-bond acceptors (Lipinski definition) is 2. The van der Waals surface area contributed by atoms with Gasteiger partial charge in [-0.25, -0.2) is 0 Å². The molecule has 0 aliphatic heterocycles. The Morgan fingerprint density at radius 2 is 0.941 bits per heavy atom. The van der Waals surface area contributed by atoms with E-state index in [4.69, 9.17) is 0 Å². The Balaban J connectivity index is 0.000000284. The van der Waals surface area contributed by atoms with E-state index in [2.05, 4.69) is 0 Å². The monoisotopic (exact) mass is 316 g/mol. The van der Waals surface area contributed by atoms with Gasteiger partial charge < -0.3 is 0 Å². The van der Waals surface area contributed by atoms with Crippen LogP contribution in [0.5, 0.6) is 0 Å². The third-order valence-corrected chi connectivity index (χ3v) is 2.14. The SMILES string of the molecule is CC(=O)[C]1[CH][CH][CH][CH]1.CC(=O)[C]1[CH][CH][CH][CH]1.[Ru]. The summed E-state index contributed by atoms with van der Waals surface area (Å²) in [7, 11) is 0. The molecule has 0 aromatic carbocycles. The van der Waals surface area contributed by atoms with Gasteiger partial charge in [0.25, 0.3) is 0 Å². The normalized spacial score (nSPS) is 20.4. The molecule has 0 bridgehead atoms. The van der Waals surface area contributed by atoms with E-state index >= 15 is 0 Å². The molecule has 2 saturated carbocycles. The van der Waals surface area contributed by atoms with Gasteiger partial charge in [0.05, 0.1) is 0 Å². The van der Waals surface area contributed by atoms with Gasteiger partial charge in [-0.1, -0.05) is 0 Å². The van der Waals surface area contributed by atoms with Crippen LogP contribution >= 0.6 is 0 Å². The second-order valence-electron chi connectivity index (χ2n) is 3.46. The van der Waals surface area contributed by atoms with Crippen LogP contribution in [0.4, 0.5) is 0 Å². The molecule has 2 fully saturated rings. The molecular weight excluding hydrogens is 301 g/mol. The number of Topliss-reactive ketones (excluding diaryl/α,β-unsaturated/α-hetero) is 2. The fourth-order valence-corrected chi connectivity index (χ4v) is 1.22. The maximum absolute atomic E-state index is 10.5. The Morgan fingerprint density at radius 3 is 1.06 bits per heavy atom.